The van der Waals surface area contributed by atoms with Gasteiger partial charge in [0, 0.05) is 23.2 Å². The molecule has 0 aliphatic heterocycles. The molecule has 0 radical (unpaired) electrons. The molecule has 0 aliphatic rings. The van der Waals surface area contributed by atoms with Gasteiger partial charge < -0.3 is 9.09 Å². The van der Waals surface area contributed by atoms with Gasteiger partial charge in [0.2, 0.25) is 0 Å². The second-order valence-corrected chi connectivity index (χ2v) is 4.92. The molecule has 2 N–H and O–H groups in total. The molecule has 0 aliphatic carbocycles. The van der Waals surface area contributed by atoms with Crippen LogP contribution < -0.4 is 11.0 Å². The number of hydroxylamine groups is 1. The van der Waals surface area contributed by atoms with Gasteiger partial charge in [-0.2, -0.15) is 0 Å². The number of hydrogen-bond acceptors (Lipinski definition) is 5. The first kappa shape index (κ1) is 14.0. The van der Waals surface area contributed by atoms with E-state index in [0.717, 1.165) is 0 Å². The molecule has 7 heteroatoms. The van der Waals surface area contributed by atoms with E-state index >= 15 is 0 Å². The van der Waals surface area contributed by atoms with Crippen LogP contribution in [0.2, 0.25) is 0 Å². The Balaban J connectivity index is 2.07. The van der Waals surface area contributed by atoms with Gasteiger partial charge in [-0.15, -0.1) is 0 Å². The molecule has 7 nitrogen and oxygen atoms in total. The Morgan fingerprint density at radius 3 is 2.86 bits per heavy atom. The van der Waals surface area contributed by atoms with Gasteiger partial charge in [-0.1, -0.05) is 11.2 Å². The number of aromatic nitrogens is 2. The molecule has 2 heterocycles. The summed E-state index contributed by atoms with van der Waals surface area (Å²) in [5.41, 5.74) is 2.16. The number of pyridine rings is 1. The van der Waals surface area contributed by atoms with Crippen LogP contribution in [0, 0.1) is 6.92 Å². The first-order valence-corrected chi connectivity index (χ1v) is 6.58. The molecule has 0 spiro atoms. The van der Waals surface area contributed by atoms with Crippen LogP contribution in [0.3, 0.4) is 0 Å². The largest absolute Gasteiger partial charge is 0.361 e. The van der Waals surface area contributed by atoms with Gasteiger partial charge in [-0.25, -0.2) is 5.48 Å². The minimum absolute atomic E-state index is 0.210. The molecule has 112 valence electrons. The molecular formula is C15H13N3O4. The highest BCUT2D eigenvalue weighted by Crippen LogP contribution is 2.13. The molecule has 0 bridgehead atoms. The number of carbonyl (C=O) groups excluding carboxylic acids is 1. The number of amides is 1. The zero-order chi connectivity index (χ0) is 15.7. The first-order valence-electron chi connectivity index (χ1n) is 6.58. The SMILES string of the molecule is Cc1cc(Cn2ccc3ccc(C(=O)NO)cc3c2=O)no1. The van der Waals surface area contributed by atoms with Gasteiger partial charge in [0.15, 0.2) is 0 Å². The highest BCUT2D eigenvalue weighted by atomic mass is 16.5. The normalized spacial score (nSPS) is 10.8. The Kier molecular flexibility index (Phi) is 3.48. The predicted octanol–water partition coefficient (Wildman–Crippen LogP) is 1.47. The van der Waals surface area contributed by atoms with Crippen LogP contribution >= 0.6 is 0 Å². The van der Waals surface area contributed by atoms with Gasteiger partial charge in [-0.3, -0.25) is 14.8 Å². The highest BCUT2D eigenvalue weighted by molar-refractivity contribution is 5.97. The van der Waals surface area contributed by atoms with Crippen LogP contribution in [-0.2, 0) is 6.54 Å². The van der Waals surface area contributed by atoms with E-state index in [1.165, 1.54) is 10.6 Å². The molecule has 0 fully saturated rings. The van der Waals surface area contributed by atoms with E-state index in [4.69, 9.17) is 9.73 Å². The maximum atomic E-state index is 12.5. The van der Waals surface area contributed by atoms with E-state index in [2.05, 4.69) is 5.16 Å². The molecule has 3 aromatic rings. The maximum Gasteiger partial charge on any atom is 0.274 e. The Labute approximate surface area is 124 Å². The van der Waals surface area contributed by atoms with Crippen molar-refractivity contribution in [2.24, 2.45) is 0 Å². The third-order valence-electron chi connectivity index (χ3n) is 3.35. The fourth-order valence-corrected chi connectivity index (χ4v) is 2.28. The molecule has 0 atom stereocenters. The summed E-state index contributed by atoms with van der Waals surface area (Å²) in [6, 6.07) is 8.19. The van der Waals surface area contributed by atoms with E-state index in [0.29, 0.717) is 22.2 Å². The van der Waals surface area contributed by atoms with Crippen LogP contribution in [0.15, 0.2) is 45.8 Å². The maximum absolute atomic E-state index is 12.5. The van der Waals surface area contributed by atoms with Crippen molar-refractivity contribution in [3.8, 4) is 0 Å². The predicted molar refractivity (Wildman–Crippen MR) is 77.8 cm³/mol. The van der Waals surface area contributed by atoms with Crippen molar-refractivity contribution in [3.63, 3.8) is 0 Å². The molecule has 0 saturated heterocycles. The fraction of sp³-hybridized carbons (Fsp3) is 0.133. The average molecular weight is 299 g/mol. The Morgan fingerprint density at radius 1 is 1.36 bits per heavy atom. The van der Waals surface area contributed by atoms with Gasteiger partial charge in [-0.05, 0) is 30.5 Å². The quantitative estimate of drug-likeness (QED) is 0.564. The van der Waals surface area contributed by atoms with Gasteiger partial charge in [0.25, 0.3) is 11.5 Å². The summed E-state index contributed by atoms with van der Waals surface area (Å²) in [6.45, 7) is 2.06. The van der Waals surface area contributed by atoms with Gasteiger partial charge in [0.05, 0.1) is 6.54 Å². The van der Waals surface area contributed by atoms with Crippen molar-refractivity contribution in [1.29, 1.82) is 0 Å². The van der Waals surface area contributed by atoms with Crippen LogP contribution in [0.5, 0.6) is 0 Å². The lowest BCUT2D eigenvalue weighted by Gasteiger charge is -2.06. The van der Waals surface area contributed by atoms with Crippen molar-refractivity contribution in [3.05, 3.63) is 63.9 Å². The zero-order valence-electron chi connectivity index (χ0n) is 11.7. The average Bonchev–Trinajstić information content (AvgIpc) is 2.94. The summed E-state index contributed by atoms with van der Waals surface area (Å²) in [7, 11) is 0. The summed E-state index contributed by atoms with van der Waals surface area (Å²) in [5, 5.41) is 13.6. The number of fused-ring (bicyclic) bond motifs is 1. The second kappa shape index (κ2) is 5.45. The number of aryl methyl sites for hydroxylation is 1. The minimum Gasteiger partial charge on any atom is -0.361 e. The lowest BCUT2D eigenvalue weighted by Crippen LogP contribution is -2.22. The number of benzene rings is 1. The summed E-state index contributed by atoms with van der Waals surface area (Å²) in [6.07, 6.45) is 1.67. The standard InChI is InChI=1S/C15H13N3O4/c1-9-6-12(17-22-9)8-18-5-4-10-2-3-11(14(19)16-21)7-13(10)15(18)20/h2-7,21H,8H2,1H3,(H,16,19). The summed E-state index contributed by atoms with van der Waals surface area (Å²) in [5.74, 6) is 0.00886. The second-order valence-electron chi connectivity index (χ2n) is 4.92. The van der Waals surface area contributed by atoms with E-state index < -0.39 is 5.91 Å². The Bertz CT molecular complexity index is 911. The fourth-order valence-electron chi connectivity index (χ4n) is 2.28. The molecular weight excluding hydrogens is 286 g/mol. The van der Waals surface area contributed by atoms with Crippen molar-refractivity contribution in [1.82, 2.24) is 15.2 Å². The van der Waals surface area contributed by atoms with Crippen molar-refractivity contribution < 1.29 is 14.5 Å². The van der Waals surface area contributed by atoms with Crippen LogP contribution in [0.25, 0.3) is 10.8 Å². The first-order chi connectivity index (χ1) is 10.6. The van der Waals surface area contributed by atoms with E-state index in [9.17, 15) is 9.59 Å². The van der Waals surface area contributed by atoms with E-state index in [-0.39, 0.29) is 17.7 Å². The molecule has 3 rings (SSSR count). The van der Waals surface area contributed by atoms with Gasteiger partial charge >= 0.3 is 0 Å². The monoisotopic (exact) mass is 299 g/mol. The van der Waals surface area contributed by atoms with Crippen molar-refractivity contribution in [2.75, 3.05) is 0 Å². The lowest BCUT2D eigenvalue weighted by molar-refractivity contribution is 0.0706. The van der Waals surface area contributed by atoms with Crippen LogP contribution in [0.1, 0.15) is 21.8 Å². The zero-order valence-corrected chi connectivity index (χ0v) is 11.7. The molecule has 0 unspecified atom stereocenters. The number of nitrogens with zero attached hydrogens (tertiary/aromatic N) is 2. The van der Waals surface area contributed by atoms with Crippen LogP contribution in [-0.4, -0.2) is 20.8 Å². The molecule has 0 saturated carbocycles. The van der Waals surface area contributed by atoms with Gasteiger partial charge in [0.1, 0.15) is 11.5 Å². The summed E-state index contributed by atoms with van der Waals surface area (Å²) in [4.78, 5) is 24.0. The number of hydrogen-bond donors (Lipinski definition) is 2. The Morgan fingerprint density at radius 2 is 2.18 bits per heavy atom. The molecule has 1 aromatic carbocycles. The molecule has 1 amide bonds. The molecule has 2 aromatic heterocycles. The summed E-state index contributed by atoms with van der Waals surface area (Å²) >= 11 is 0. The number of nitrogens with one attached hydrogen (secondary N) is 1. The number of carbonyl (C=O) groups is 1. The molecule has 22 heavy (non-hydrogen) atoms. The minimum atomic E-state index is -0.663. The summed E-state index contributed by atoms with van der Waals surface area (Å²) < 4.78 is 6.47. The lowest BCUT2D eigenvalue weighted by atomic mass is 10.1. The third kappa shape index (κ3) is 2.49. The Hall–Kier alpha value is -2.93. The smallest absolute Gasteiger partial charge is 0.274 e. The van der Waals surface area contributed by atoms with Crippen LogP contribution in [0.4, 0.5) is 0 Å². The number of rotatable bonds is 3. The van der Waals surface area contributed by atoms with Crippen molar-refractivity contribution in [2.45, 2.75) is 13.5 Å². The topological polar surface area (TPSA) is 97.4 Å². The van der Waals surface area contributed by atoms with E-state index in [1.54, 1.807) is 42.9 Å². The van der Waals surface area contributed by atoms with Crippen molar-refractivity contribution >= 4 is 16.7 Å². The third-order valence-corrected chi connectivity index (χ3v) is 3.35. The highest BCUT2D eigenvalue weighted by Gasteiger charge is 2.10. The van der Waals surface area contributed by atoms with E-state index in [1.807, 2.05) is 0 Å².